The van der Waals surface area contributed by atoms with Crippen LogP contribution in [0.2, 0.25) is 5.02 Å². The molecule has 0 radical (unpaired) electrons. The van der Waals surface area contributed by atoms with Gasteiger partial charge in [0, 0.05) is 41.8 Å². The molecule has 1 N–H and O–H groups in total. The van der Waals surface area contributed by atoms with E-state index >= 15 is 0 Å². The summed E-state index contributed by atoms with van der Waals surface area (Å²) in [4.78, 5) is 18.0. The third-order valence-electron chi connectivity index (χ3n) is 7.50. The second-order valence-corrected chi connectivity index (χ2v) is 9.89. The highest BCUT2D eigenvalue weighted by Crippen LogP contribution is 2.40. The molecule has 4 aliphatic heterocycles. The van der Waals surface area contributed by atoms with E-state index in [0.29, 0.717) is 37.0 Å². The van der Waals surface area contributed by atoms with Gasteiger partial charge in [-0.15, -0.1) is 0 Å². The Bertz CT molecular complexity index is 1060. The lowest BCUT2D eigenvalue weighted by atomic mass is 9.77. The van der Waals surface area contributed by atoms with Crippen molar-refractivity contribution in [3.05, 3.63) is 52.8 Å². The predicted octanol–water partition coefficient (Wildman–Crippen LogP) is 3.12. The van der Waals surface area contributed by atoms with Gasteiger partial charge in [0.25, 0.3) is 0 Å². The zero-order valence-electron chi connectivity index (χ0n) is 18.3. The maximum atomic E-state index is 14.7. The van der Waals surface area contributed by atoms with E-state index in [9.17, 15) is 9.18 Å². The first-order valence-corrected chi connectivity index (χ1v) is 12.1. The van der Waals surface area contributed by atoms with Crippen molar-refractivity contribution in [3.63, 3.8) is 0 Å². The molecule has 2 aromatic carbocycles. The van der Waals surface area contributed by atoms with E-state index in [2.05, 4.69) is 15.1 Å². The lowest BCUT2D eigenvalue weighted by molar-refractivity contribution is -0.132. The Labute approximate surface area is 197 Å². The fourth-order valence-electron chi connectivity index (χ4n) is 5.86. The van der Waals surface area contributed by atoms with Crippen LogP contribution < -0.4 is 19.7 Å². The summed E-state index contributed by atoms with van der Waals surface area (Å²) in [7, 11) is 0. The van der Waals surface area contributed by atoms with Gasteiger partial charge in [-0.2, -0.15) is 0 Å². The van der Waals surface area contributed by atoms with Crippen molar-refractivity contribution >= 4 is 23.2 Å². The Morgan fingerprint density at radius 2 is 1.88 bits per heavy atom. The van der Waals surface area contributed by atoms with E-state index in [0.717, 1.165) is 30.9 Å². The van der Waals surface area contributed by atoms with Crippen LogP contribution in [0.15, 0.2) is 36.4 Å². The molecule has 0 saturated carbocycles. The summed E-state index contributed by atoms with van der Waals surface area (Å²) in [5.74, 6) is 0.494. The summed E-state index contributed by atoms with van der Waals surface area (Å²) in [5, 5.41) is 4.00. The van der Waals surface area contributed by atoms with Gasteiger partial charge < -0.3 is 19.7 Å². The maximum absolute atomic E-state index is 14.7. The number of carbonyl (C=O) groups excluding carboxylic acids is 1. The summed E-state index contributed by atoms with van der Waals surface area (Å²) < 4.78 is 25.7. The molecule has 8 heteroatoms. The van der Waals surface area contributed by atoms with Gasteiger partial charge in [-0.3, -0.25) is 9.69 Å². The highest BCUT2D eigenvalue weighted by Gasteiger charge is 2.51. The van der Waals surface area contributed by atoms with E-state index in [1.165, 1.54) is 12.5 Å². The highest BCUT2D eigenvalue weighted by atomic mass is 35.5. The molecule has 4 unspecified atom stereocenters. The molecule has 2 aromatic rings. The molecule has 0 aliphatic carbocycles. The number of ether oxygens (including phenoxy) is 2. The molecular weight excluding hydrogens is 445 g/mol. The molecule has 0 aromatic heterocycles. The van der Waals surface area contributed by atoms with E-state index < -0.39 is 5.82 Å². The topological polar surface area (TPSA) is 54.0 Å². The first kappa shape index (κ1) is 21.1. The third kappa shape index (κ3) is 3.81. The van der Waals surface area contributed by atoms with Crippen molar-refractivity contribution in [3.8, 4) is 11.5 Å². The number of anilines is 1. The number of fused-ring (bicyclic) bond motifs is 2. The largest absolute Gasteiger partial charge is 0.486 e. The van der Waals surface area contributed by atoms with Crippen LogP contribution in [0.4, 0.5) is 10.1 Å². The molecule has 0 spiro atoms. The van der Waals surface area contributed by atoms with Crippen molar-refractivity contribution in [1.29, 1.82) is 0 Å². The molecule has 3 fully saturated rings. The fourth-order valence-corrected chi connectivity index (χ4v) is 5.99. The standard InChI is InChI=1S/C25H27ClFN3O3/c26-16-2-4-17(5-3-16)30-13-18-19(14-30)25(31)28-21(23(18)29-6-1-7-29)11-15-10-20(27)24-22(12-15)32-8-9-33-24/h2-5,10,12,18-19,21,23H,1,6-9,11,13-14H2,(H,28,31). The van der Waals surface area contributed by atoms with Gasteiger partial charge in [0.05, 0.1) is 5.92 Å². The molecular formula is C25H27ClFN3O3. The number of likely N-dealkylation sites (tertiary alicyclic amines) is 1. The molecule has 4 atom stereocenters. The van der Waals surface area contributed by atoms with Crippen LogP contribution in [0.25, 0.3) is 0 Å². The fraction of sp³-hybridized carbons (Fsp3) is 0.480. The zero-order chi connectivity index (χ0) is 22.5. The monoisotopic (exact) mass is 471 g/mol. The smallest absolute Gasteiger partial charge is 0.225 e. The average molecular weight is 472 g/mol. The minimum atomic E-state index is -0.405. The summed E-state index contributed by atoms with van der Waals surface area (Å²) in [6.07, 6.45) is 1.73. The quantitative estimate of drug-likeness (QED) is 0.742. The van der Waals surface area contributed by atoms with Gasteiger partial charge in [0.1, 0.15) is 13.2 Å². The lowest BCUT2D eigenvalue weighted by Gasteiger charge is -2.49. The summed E-state index contributed by atoms with van der Waals surface area (Å²) in [6.45, 7) is 4.37. The van der Waals surface area contributed by atoms with Gasteiger partial charge >= 0.3 is 0 Å². The molecule has 6 nitrogen and oxygen atoms in total. The zero-order valence-corrected chi connectivity index (χ0v) is 19.1. The predicted molar refractivity (Wildman–Crippen MR) is 124 cm³/mol. The van der Waals surface area contributed by atoms with E-state index in [4.69, 9.17) is 21.1 Å². The first-order valence-electron chi connectivity index (χ1n) is 11.7. The van der Waals surface area contributed by atoms with E-state index in [-0.39, 0.29) is 35.6 Å². The summed E-state index contributed by atoms with van der Waals surface area (Å²) in [6, 6.07) is 11.3. The average Bonchev–Trinajstić information content (AvgIpc) is 3.22. The van der Waals surface area contributed by atoms with Crippen LogP contribution in [0.5, 0.6) is 11.5 Å². The van der Waals surface area contributed by atoms with Crippen molar-refractivity contribution < 1.29 is 18.7 Å². The number of nitrogens with one attached hydrogen (secondary N) is 1. The Morgan fingerprint density at radius 3 is 2.64 bits per heavy atom. The SMILES string of the molecule is O=C1NC(Cc2cc(F)c3c(c2)OCCO3)C(N2CCC2)C2CN(c3ccc(Cl)cc3)CC12. The van der Waals surface area contributed by atoms with Crippen LogP contribution in [0.1, 0.15) is 12.0 Å². The maximum Gasteiger partial charge on any atom is 0.225 e. The van der Waals surface area contributed by atoms with Gasteiger partial charge in [-0.05, 0) is 67.9 Å². The van der Waals surface area contributed by atoms with Crippen LogP contribution in [-0.2, 0) is 11.2 Å². The van der Waals surface area contributed by atoms with Gasteiger partial charge in [0.15, 0.2) is 17.3 Å². The second kappa shape index (κ2) is 8.37. The number of nitrogens with zero attached hydrogens (tertiary/aromatic N) is 2. The number of benzene rings is 2. The number of piperidine rings is 1. The molecule has 1 amide bonds. The number of carbonyl (C=O) groups is 1. The first-order chi connectivity index (χ1) is 16.1. The van der Waals surface area contributed by atoms with Gasteiger partial charge in [0.2, 0.25) is 5.91 Å². The van der Waals surface area contributed by atoms with Gasteiger partial charge in [-0.1, -0.05) is 11.6 Å². The molecule has 6 rings (SSSR count). The van der Waals surface area contributed by atoms with Crippen molar-refractivity contribution in [2.75, 3.05) is 44.3 Å². The van der Waals surface area contributed by atoms with Crippen molar-refractivity contribution in [2.24, 2.45) is 11.8 Å². The van der Waals surface area contributed by atoms with Crippen molar-refractivity contribution in [1.82, 2.24) is 10.2 Å². The lowest BCUT2D eigenvalue weighted by Crippen LogP contribution is -2.66. The van der Waals surface area contributed by atoms with E-state index in [1.54, 1.807) is 0 Å². The Morgan fingerprint density at radius 1 is 1.09 bits per heavy atom. The summed E-state index contributed by atoms with van der Waals surface area (Å²) in [5.41, 5.74) is 1.91. The molecule has 3 saturated heterocycles. The number of halogens is 2. The van der Waals surface area contributed by atoms with Crippen LogP contribution in [-0.4, -0.2) is 62.3 Å². The molecule has 33 heavy (non-hydrogen) atoms. The number of hydrogen-bond acceptors (Lipinski definition) is 5. The van der Waals surface area contributed by atoms with Crippen LogP contribution in [0.3, 0.4) is 0 Å². The van der Waals surface area contributed by atoms with E-state index in [1.807, 2.05) is 30.3 Å². The Kier molecular flexibility index (Phi) is 5.34. The highest BCUT2D eigenvalue weighted by molar-refractivity contribution is 6.30. The third-order valence-corrected chi connectivity index (χ3v) is 7.75. The number of amides is 1. The minimum absolute atomic E-state index is 0.0560. The van der Waals surface area contributed by atoms with Gasteiger partial charge in [-0.25, -0.2) is 4.39 Å². The summed E-state index contributed by atoms with van der Waals surface area (Å²) >= 11 is 6.07. The molecule has 0 bridgehead atoms. The van der Waals surface area contributed by atoms with Crippen LogP contribution in [0, 0.1) is 17.7 Å². The number of rotatable bonds is 4. The Balaban J connectivity index is 1.27. The Hall–Kier alpha value is -2.51. The second-order valence-electron chi connectivity index (χ2n) is 9.45. The molecule has 4 heterocycles. The normalized spacial score (nSPS) is 28.8. The molecule has 4 aliphatic rings. The number of hydrogen-bond donors (Lipinski definition) is 1. The minimum Gasteiger partial charge on any atom is -0.486 e. The van der Waals surface area contributed by atoms with Crippen molar-refractivity contribution in [2.45, 2.75) is 24.9 Å². The van der Waals surface area contributed by atoms with Crippen LogP contribution >= 0.6 is 11.6 Å². The molecule has 174 valence electrons.